The Hall–Kier alpha value is -0.570. The molecule has 3 heteroatoms. The van der Waals surface area contributed by atoms with E-state index >= 15 is 0 Å². The molecule has 0 heterocycles. The topological polar surface area (TPSA) is 55.1 Å². The van der Waals surface area contributed by atoms with E-state index in [0.717, 1.165) is 6.42 Å². The summed E-state index contributed by atoms with van der Waals surface area (Å²) in [6.45, 7) is 12.5. The second-order valence-electron chi connectivity index (χ2n) is 5.83. The van der Waals surface area contributed by atoms with Crippen LogP contribution < -0.4 is 11.1 Å². The Kier molecular flexibility index (Phi) is 5.29. The van der Waals surface area contributed by atoms with Crippen LogP contribution in [0.15, 0.2) is 0 Å². The predicted molar refractivity (Wildman–Crippen MR) is 64.5 cm³/mol. The minimum absolute atomic E-state index is 0.0360. The summed E-state index contributed by atoms with van der Waals surface area (Å²) < 4.78 is 0. The first-order valence-electron chi connectivity index (χ1n) is 5.70. The SMILES string of the molecule is CC(C)CC(N)C(=O)NC(C)C(C)(C)C. The normalized spacial score (nSPS) is 16.3. The van der Waals surface area contributed by atoms with Gasteiger partial charge in [-0.2, -0.15) is 0 Å². The number of rotatable bonds is 4. The molecule has 2 unspecified atom stereocenters. The molecular weight excluding hydrogens is 188 g/mol. The molecule has 0 saturated carbocycles. The van der Waals surface area contributed by atoms with Crippen molar-refractivity contribution in [3.8, 4) is 0 Å². The molecule has 0 bridgehead atoms. The minimum Gasteiger partial charge on any atom is -0.352 e. The van der Waals surface area contributed by atoms with E-state index in [0.29, 0.717) is 5.92 Å². The third-order valence-corrected chi connectivity index (χ3v) is 2.72. The van der Waals surface area contributed by atoms with Crippen LogP contribution >= 0.6 is 0 Å². The van der Waals surface area contributed by atoms with E-state index in [2.05, 4.69) is 39.9 Å². The van der Waals surface area contributed by atoms with Crippen LogP contribution in [-0.2, 0) is 4.79 Å². The number of amides is 1. The quantitative estimate of drug-likeness (QED) is 0.751. The van der Waals surface area contributed by atoms with Gasteiger partial charge in [0.2, 0.25) is 5.91 Å². The molecule has 0 aliphatic carbocycles. The third kappa shape index (κ3) is 5.78. The minimum atomic E-state index is -0.380. The first kappa shape index (κ1) is 14.4. The summed E-state index contributed by atoms with van der Waals surface area (Å²) in [7, 11) is 0. The van der Waals surface area contributed by atoms with Crippen molar-refractivity contribution in [2.45, 2.75) is 60.0 Å². The van der Waals surface area contributed by atoms with Gasteiger partial charge in [0.05, 0.1) is 6.04 Å². The molecule has 0 aromatic carbocycles. The van der Waals surface area contributed by atoms with E-state index in [9.17, 15) is 4.79 Å². The van der Waals surface area contributed by atoms with E-state index in [1.54, 1.807) is 0 Å². The molecule has 0 aromatic rings. The van der Waals surface area contributed by atoms with Crippen molar-refractivity contribution in [2.24, 2.45) is 17.1 Å². The lowest BCUT2D eigenvalue weighted by Crippen LogP contribution is -2.49. The smallest absolute Gasteiger partial charge is 0.237 e. The molecule has 0 radical (unpaired) electrons. The van der Waals surface area contributed by atoms with Gasteiger partial charge in [0.15, 0.2) is 0 Å². The lowest BCUT2D eigenvalue weighted by molar-refractivity contribution is -0.124. The Morgan fingerprint density at radius 3 is 2.07 bits per heavy atom. The zero-order valence-electron chi connectivity index (χ0n) is 10.9. The number of nitrogens with one attached hydrogen (secondary N) is 1. The molecule has 0 fully saturated rings. The van der Waals surface area contributed by atoms with Gasteiger partial charge in [-0.3, -0.25) is 4.79 Å². The third-order valence-electron chi connectivity index (χ3n) is 2.72. The van der Waals surface area contributed by atoms with Gasteiger partial charge in [-0.25, -0.2) is 0 Å². The molecule has 15 heavy (non-hydrogen) atoms. The summed E-state index contributed by atoms with van der Waals surface area (Å²) in [5.74, 6) is 0.418. The summed E-state index contributed by atoms with van der Waals surface area (Å²) in [5, 5.41) is 2.96. The number of nitrogens with two attached hydrogens (primary N) is 1. The second-order valence-corrected chi connectivity index (χ2v) is 5.83. The highest BCUT2D eigenvalue weighted by atomic mass is 16.2. The van der Waals surface area contributed by atoms with Crippen LogP contribution in [0.1, 0.15) is 48.0 Å². The van der Waals surface area contributed by atoms with Gasteiger partial charge in [0, 0.05) is 6.04 Å². The summed E-state index contributed by atoms with van der Waals surface area (Å²) in [6, 6.07) is -0.238. The molecular formula is C12H26N2O. The monoisotopic (exact) mass is 214 g/mol. The van der Waals surface area contributed by atoms with E-state index in [-0.39, 0.29) is 23.4 Å². The van der Waals surface area contributed by atoms with Crippen LogP contribution in [0.25, 0.3) is 0 Å². The standard InChI is InChI=1S/C12H26N2O/c1-8(2)7-10(13)11(15)14-9(3)12(4,5)6/h8-10H,7,13H2,1-6H3,(H,14,15). The van der Waals surface area contributed by atoms with E-state index in [1.165, 1.54) is 0 Å². The van der Waals surface area contributed by atoms with Gasteiger partial charge in [0.1, 0.15) is 0 Å². The van der Waals surface area contributed by atoms with Gasteiger partial charge < -0.3 is 11.1 Å². The zero-order chi connectivity index (χ0) is 12.2. The van der Waals surface area contributed by atoms with Crippen LogP contribution in [0.5, 0.6) is 0 Å². The second kappa shape index (κ2) is 5.50. The highest BCUT2D eigenvalue weighted by Gasteiger charge is 2.24. The lowest BCUT2D eigenvalue weighted by Gasteiger charge is -2.29. The summed E-state index contributed by atoms with van der Waals surface area (Å²) in [4.78, 5) is 11.7. The van der Waals surface area contributed by atoms with Crippen LogP contribution in [0.2, 0.25) is 0 Å². The Morgan fingerprint density at radius 2 is 1.73 bits per heavy atom. The average molecular weight is 214 g/mol. The van der Waals surface area contributed by atoms with E-state index in [4.69, 9.17) is 5.73 Å². The molecule has 2 atom stereocenters. The van der Waals surface area contributed by atoms with Crippen molar-refractivity contribution in [3.05, 3.63) is 0 Å². The maximum absolute atomic E-state index is 11.7. The van der Waals surface area contributed by atoms with Crippen molar-refractivity contribution in [1.29, 1.82) is 0 Å². The predicted octanol–water partition coefficient (Wildman–Crippen LogP) is 1.91. The van der Waals surface area contributed by atoms with Crippen LogP contribution in [0, 0.1) is 11.3 Å². The van der Waals surface area contributed by atoms with Crippen molar-refractivity contribution in [2.75, 3.05) is 0 Å². The fraction of sp³-hybridized carbons (Fsp3) is 0.917. The molecule has 3 nitrogen and oxygen atoms in total. The van der Waals surface area contributed by atoms with E-state index in [1.807, 2.05) is 6.92 Å². The van der Waals surface area contributed by atoms with Gasteiger partial charge in [-0.1, -0.05) is 34.6 Å². The fourth-order valence-electron chi connectivity index (χ4n) is 1.15. The van der Waals surface area contributed by atoms with Crippen LogP contribution in [0.3, 0.4) is 0 Å². The van der Waals surface area contributed by atoms with Gasteiger partial charge >= 0.3 is 0 Å². The first-order valence-corrected chi connectivity index (χ1v) is 5.70. The van der Waals surface area contributed by atoms with Gasteiger partial charge in [0.25, 0.3) is 0 Å². The number of hydrogen-bond acceptors (Lipinski definition) is 2. The molecule has 0 aliphatic heterocycles. The highest BCUT2D eigenvalue weighted by Crippen LogP contribution is 2.18. The first-order chi connectivity index (χ1) is 6.64. The molecule has 0 saturated heterocycles. The Balaban J connectivity index is 4.14. The summed E-state index contributed by atoms with van der Waals surface area (Å²) >= 11 is 0. The molecule has 3 N–H and O–H groups in total. The molecule has 0 aliphatic rings. The molecule has 0 rings (SSSR count). The largest absolute Gasteiger partial charge is 0.352 e. The number of carbonyl (C=O) groups is 1. The molecule has 0 aromatic heterocycles. The average Bonchev–Trinajstić information content (AvgIpc) is 2.00. The maximum atomic E-state index is 11.7. The van der Waals surface area contributed by atoms with Crippen molar-refractivity contribution < 1.29 is 4.79 Å². The highest BCUT2D eigenvalue weighted by molar-refractivity contribution is 5.81. The van der Waals surface area contributed by atoms with Crippen molar-refractivity contribution >= 4 is 5.91 Å². The fourth-order valence-corrected chi connectivity index (χ4v) is 1.15. The van der Waals surface area contributed by atoms with Crippen LogP contribution in [-0.4, -0.2) is 18.0 Å². The zero-order valence-corrected chi connectivity index (χ0v) is 10.9. The molecule has 0 spiro atoms. The summed E-state index contributed by atoms with van der Waals surface area (Å²) in [6.07, 6.45) is 0.739. The van der Waals surface area contributed by atoms with Gasteiger partial charge in [-0.05, 0) is 24.7 Å². The maximum Gasteiger partial charge on any atom is 0.237 e. The van der Waals surface area contributed by atoms with E-state index < -0.39 is 0 Å². The Bertz CT molecular complexity index is 206. The number of hydrogen-bond donors (Lipinski definition) is 2. The molecule has 1 amide bonds. The van der Waals surface area contributed by atoms with Gasteiger partial charge in [-0.15, -0.1) is 0 Å². The van der Waals surface area contributed by atoms with Crippen LogP contribution in [0.4, 0.5) is 0 Å². The number of carbonyl (C=O) groups excluding carboxylic acids is 1. The molecule has 90 valence electrons. The summed E-state index contributed by atoms with van der Waals surface area (Å²) in [5.41, 5.74) is 5.87. The lowest BCUT2D eigenvalue weighted by atomic mass is 9.88. The van der Waals surface area contributed by atoms with Crippen molar-refractivity contribution in [3.63, 3.8) is 0 Å². The van der Waals surface area contributed by atoms with Crippen molar-refractivity contribution in [1.82, 2.24) is 5.32 Å². The Morgan fingerprint density at radius 1 is 1.27 bits per heavy atom. The Labute approximate surface area is 93.8 Å².